The molecule has 1 aliphatic rings. The number of phenolic OH excluding ortho intramolecular Hbond substituents is 1. The predicted octanol–water partition coefficient (Wildman–Crippen LogP) is 4.65. The van der Waals surface area contributed by atoms with E-state index in [-0.39, 0.29) is 5.41 Å². The third-order valence-corrected chi connectivity index (χ3v) is 4.80. The molecule has 0 unspecified atom stereocenters. The molecule has 1 aliphatic heterocycles. The van der Waals surface area contributed by atoms with Crippen LogP contribution in [0.4, 0.5) is 0 Å². The normalized spacial score (nSPS) is 17.7. The molecule has 0 saturated carbocycles. The highest BCUT2D eigenvalue weighted by Gasteiger charge is 2.28. The van der Waals surface area contributed by atoms with Gasteiger partial charge in [-0.25, -0.2) is 0 Å². The van der Waals surface area contributed by atoms with Crippen LogP contribution in [0.1, 0.15) is 65.0 Å². The summed E-state index contributed by atoms with van der Waals surface area (Å²) in [5.41, 5.74) is 2.92. The van der Waals surface area contributed by atoms with Crippen LogP contribution >= 0.6 is 0 Å². The van der Waals surface area contributed by atoms with E-state index in [2.05, 4.69) is 52.1 Å². The number of piperidine rings is 1. The Hall–Kier alpha value is -1.02. The lowest BCUT2D eigenvalue weighted by Gasteiger charge is -2.33. The van der Waals surface area contributed by atoms with E-state index < -0.39 is 0 Å². The third-order valence-electron chi connectivity index (χ3n) is 4.80. The fourth-order valence-electron chi connectivity index (χ4n) is 3.99. The second-order valence-electron chi connectivity index (χ2n) is 8.86. The number of rotatable bonds is 4. The van der Waals surface area contributed by atoms with Gasteiger partial charge < -0.3 is 10.4 Å². The van der Waals surface area contributed by atoms with Crippen LogP contribution in [0.2, 0.25) is 0 Å². The summed E-state index contributed by atoms with van der Waals surface area (Å²) in [6.07, 6.45) is 4.58. The van der Waals surface area contributed by atoms with Crippen LogP contribution in [-0.2, 0) is 11.8 Å². The molecule has 0 spiro atoms. The summed E-state index contributed by atoms with van der Waals surface area (Å²) >= 11 is 0. The summed E-state index contributed by atoms with van der Waals surface area (Å²) in [5, 5.41) is 13.7. The van der Waals surface area contributed by atoms with Crippen molar-refractivity contribution in [3.8, 4) is 5.75 Å². The Morgan fingerprint density at radius 2 is 1.73 bits per heavy atom. The van der Waals surface area contributed by atoms with Gasteiger partial charge in [0.05, 0.1) is 0 Å². The molecule has 0 radical (unpaired) electrons. The van der Waals surface area contributed by atoms with Crippen molar-refractivity contribution in [3.63, 3.8) is 0 Å². The molecule has 1 fully saturated rings. The highest BCUT2D eigenvalue weighted by Crippen LogP contribution is 2.38. The van der Waals surface area contributed by atoms with E-state index in [0.717, 1.165) is 31.5 Å². The highest BCUT2D eigenvalue weighted by atomic mass is 16.3. The Bertz CT molecular complexity index is 493. The smallest absolute Gasteiger partial charge is 0.118 e. The number of hydrogen-bond acceptors (Lipinski definition) is 2. The molecule has 0 aliphatic carbocycles. The van der Waals surface area contributed by atoms with Crippen LogP contribution in [0.3, 0.4) is 0 Å². The van der Waals surface area contributed by atoms with E-state index in [9.17, 15) is 5.11 Å². The quantitative estimate of drug-likeness (QED) is 0.848. The minimum Gasteiger partial charge on any atom is -0.508 e. The Balaban J connectivity index is 2.18. The Morgan fingerprint density at radius 3 is 2.32 bits per heavy atom. The minimum atomic E-state index is 0.134. The van der Waals surface area contributed by atoms with E-state index in [1.165, 1.54) is 18.4 Å². The Labute approximate surface area is 136 Å². The van der Waals surface area contributed by atoms with Crippen LogP contribution in [0.25, 0.3) is 0 Å². The lowest BCUT2D eigenvalue weighted by Crippen LogP contribution is -2.29. The lowest BCUT2D eigenvalue weighted by molar-refractivity contribution is 0.283. The monoisotopic (exact) mass is 303 g/mol. The molecule has 124 valence electrons. The first-order valence-corrected chi connectivity index (χ1v) is 8.70. The maximum absolute atomic E-state index is 10.2. The maximum Gasteiger partial charge on any atom is 0.118 e. The zero-order chi connectivity index (χ0) is 16.4. The van der Waals surface area contributed by atoms with Gasteiger partial charge in [-0.2, -0.15) is 0 Å². The van der Waals surface area contributed by atoms with Gasteiger partial charge in [-0.1, -0.05) is 46.8 Å². The van der Waals surface area contributed by atoms with E-state index in [1.54, 1.807) is 0 Å². The molecule has 0 amide bonds. The first-order chi connectivity index (χ1) is 10.2. The number of nitrogens with one attached hydrogen (secondary N) is 1. The van der Waals surface area contributed by atoms with Gasteiger partial charge in [-0.15, -0.1) is 0 Å². The van der Waals surface area contributed by atoms with E-state index in [1.807, 2.05) is 6.07 Å². The summed E-state index contributed by atoms with van der Waals surface area (Å²) < 4.78 is 0. The predicted molar refractivity (Wildman–Crippen MR) is 94.5 cm³/mol. The molecular weight excluding hydrogens is 270 g/mol. The first-order valence-electron chi connectivity index (χ1n) is 8.70. The van der Waals surface area contributed by atoms with Crippen molar-refractivity contribution in [2.75, 3.05) is 13.1 Å². The second kappa shape index (κ2) is 6.62. The van der Waals surface area contributed by atoms with Gasteiger partial charge in [0.15, 0.2) is 0 Å². The van der Waals surface area contributed by atoms with Crippen molar-refractivity contribution < 1.29 is 5.11 Å². The van der Waals surface area contributed by atoms with Crippen molar-refractivity contribution in [3.05, 3.63) is 29.3 Å². The maximum atomic E-state index is 10.2. The molecule has 1 heterocycles. The summed E-state index contributed by atoms with van der Waals surface area (Å²) in [6.45, 7) is 13.8. The standard InChI is InChI=1S/C20H33NO/c1-19(2,3)14-20(4,5)17-6-7-18(22)16(13-17)12-15-8-10-21-11-9-15/h6-7,13,15,21-22H,8-12,14H2,1-5H3. The van der Waals surface area contributed by atoms with E-state index in [4.69, 9.17) is 0 Å². The van der Waals surface area contributed by atoms with Crippen LogP contribution < -0.4 is 5.32 Å². The Kier molecular flexibility index (Phi) is 5.21. The minimum absolute atomic E-state index is 0.134. The Morgan fingerprint density at radius 1 is 1.09 bits per heavy atom. The zero-order valence-corrected chi connectivity index (χ0v) is 15.0. The lowest BCUT2D eigenvalue weighted by atomic mass is 9.72. The molecule has 22 heavy (non-hydrogen) atoms. The number of phenols is 1. The molecule has 2 rings (SSSR count). The van der Waals surface area contributed by atoms with Gasteiger partial charge in [0, 0.05) is 0 Å². The summed E-state index contributed by atoms with van der Waals surface area (Å²) in [6, 6.07) is 6.26. The number of aromatic hydroxyl groups is 1. The molecular formula is C20H33NO. The van der Waals surface area contributed by atoms with Crippen molar-refractivity contribution in [2.45, 2.75) is 65.7 Å². The topological polar surface area (TPSA) is 32.3 Å². The largest absolute Gasteiger partial charge is 0.508 e. The molecule has 0 atom stereocenters. The number of benzene rings is 1. The fourth-order valence-corrected chi connectivity index (χ4v) is 3.99. The molecule has 0 bridgehead atoms. The van der Waals surface area contributed by atoms with Gasteiger partial charge in [0.1, 0.15) is 5.75 Å². The van der Waals surface area contributed by atoms with Crippen molar-refractivity contribution in [2.24, 2.45) is 11.3 Å². The molecule has 2 heteroatoms. The highest BCUT2D eigenvalue weighted by molar-refractivity contribution is 5.39. The first kappa shape index (κ1) is 17.3. The van der Waals surface area contributed by atoms with Crippen LogP contribution in [0.5, 0.6) is 5.75 Å². The summed E-state index contributed by atoms with van der Waals surface area (Å²) in [7, 11) is 0. The van der Waals surface area contributed by atoms with Gasteiger partial charge in [0.25, 0.3) is 0 Å². The van der Waals surface area contributed by atoms with Crippen molar-refractivity contribution in [1.82, 2.24) is 5.32 Å². The van der Waals surface area contributed by atoms with E-state index >= 15 is 0 Å². The third kappa shape index (κ3) is 4.74. The number of hydrogen-bond donors (Lipinski definition) is 2. The molecule has 2 N–H and O–H groups in total. The van der Waals surface area contributed by atoms with E-state index in [0.29, 0.717) is 17.1 Å². The second-order valence-corrected chi connectivity index (χ2v) is 8.86. The van der Waals surface area contributed by atoms with Gasteiger partial charge >= 0.3 is 0 Å². The van der Waals surface area contributed by atoms with Crippen LogP contribution in [-0.4, -0.2) is 18.2 Å². The SMILES string of the molecule is CC(C)(C)CC(C)(C)c1ccc(O)c(CC2CCNCC2)c1. The summed E-state index contributed by atoms with van der Waals surface area (Å²) in [4.78, 5) is 0. The van der Waals surface area contributed by atoms with Crippen LogP contribution in [0.15, 0.2) is 18.2 Å². The molecule has 1 aromatic carbocycles. The molecule has 0 aromatic heterocycles. The molecule has 1 saturated heterocycles. The van der Waals surface area contributed by atoms with Crippen molar-refractivity contribution >= 4 is 0 Å². The molecule has 2 nitrogen and oxygen atoms in total. The fraction of sp³-hybridized carbons (Fsp3) is 0.700. The zero-order valence-electron chi connectivity index (χ0n) is 15.0. The van der Waals surface area contributed by atoms with Gasteiger partial charge in [-0.05, 0) is 72.7 Å². The van der Waals surface area contributed by atoms with Gasteiger partial charge in [-0.3, -0.25) is 0 Å². The molecule has 1 aromatic rings. The average molecular weight is 303 g/mol. The summed E-state index contributed by atoms with van der Waals surface area (Å²) in [5.74, 6) is 1.17. The average Bonchev–Trinajstić information content (AvgIpc) is 2.39. The van der Waals surface area contributed by atoms with Gasteiger partial charge in [0.2, 0.25) is 0 Å². The van der Waals surface area contributed by atoms with Crippen molar-refractivity contribution in [1.29, 1.82) is 0 Å². The van der Waals surface area contributed by atoms with Crippen LogP contribution in [0, 0.1) is 11.3 Å².